The largest absolute Gasteiger partial charge is 1.00 e. The van der Waals surface area contributed by atoms with Crippen LogP contribution in [0.25, 0.3) is 43.6 Å². The molecular formula is C32H34ClN4NaSSi. The second kappa shape index (κ2) is 15.2. The topological polar surface area (TPSA) is 51.6 Å². The molecule has 6 aromatic rings. The van der Waals surface area contributed by atoms with Gasteiger partial charge in [-0.05, 0) is 38.1 Å². The Morgan fingerprint density at radius 2 is 1.27 bits per heavy atom. The maximum atomic E-state index is 6.19. The van der Waals surface area contributed by atoms with E-state index in [1.807, 2.05) is 78.4 Å². The van der Waals surface area contributed by atoms with Gasteiger partial charge in [0.05, 0.1) is 27.1 Å². The van der Waals surface area contributed by atoms with E-state index in [4.69, 9.17) is 16.6 Å². The van der Waals surface area contributed by atoms with Crippen LogP contribution in [0, 0.1) is 13.8 Å². The Morgan fingerprint density at radius 3 is 1.80 bits per heavy atom. The van der Waals surface area contributed by atoms with Gasteiger partial charge in [-0.1, -0.05) is 75.2 Å². The summed E-state index contributed by atoms with van der Waals surface area (Å²) in [7, 11) is 2.02. The zero-order valence-corrected chi connectivity index (χ0v) is 29.2. The Bertz CT molecular complexity index is 1740. The molecule has 0 aliphatic heterocycles. The minimum atomic E-state index is 0. The zero-order chi connectivity index (χ0) is 27.9. The Balaban J connectivity index is 0.000000192. The number of fused-ring (bicyclic) bond motifs is 6. The van der Waals surface area contributed by atoms with Crippen LogP contribution in [-0.2, 0) is 0 Å². The number of nitrogens with zero attached hydrogens (tertiary/aromatic N) is 4. The summed E-state index contributed by atoms with van der Waals surface area (Å²) < 4.78 is 0. The van der Waals surface area contributed by atoms with E-state index >= 15 is 0 Å². The third-order valence-corrected chi connectivity index (χ3v) is 8.07. The fraction of sp³-hybridized carbons (Fsp3) is 0.250. The van der Waals surface area contributed by atoms with Crippen molar-refractivity contribution in [3.8, 4) is 0 Å². The van der Waals surface area contributed by atoms with Gasteiger partial charge in [-0.25, -0.2) is 0 Å². The van der Waals surface area contributed by atoms with Gasteiger partial charge in [-0.3, -0.25) is 30.2 Å². The van der Waals surface area contributed by atoms with Crippen LogP contribution < -0.4 is 29.6 Å². The molecule has 2 aromatic carbocycles. The number of halogens is 1. The first-order valence-electron chi connectivity index (χ1n) is 13.2. The van der Waals surface area contributed by atoms with Gasteiger partial charge in [0, 0.05) is 55.5 Å². The average Bonchev–Trinajstić information content (AvgIpc) is 2.93. The normalized spacial score (nSPS) is 10.7. The summed E-state index contributed by atoms with van der Waals surface area (Å²) in [5.41, 5.74) is 5.76. The molecule has 0 bridgehead atoms. The summed E-state index contributed by atoms with van der Waals surface area (Å²) in [5, 5.41) is 5.69. The maximum absolute atomic E-state index is 6.19. The second-order valence-electron chi connectivity index (χ2n) is 9.60. The molecule has 4 heterocycles. The van der Waals surface area contributed by atoms with Crippen molar-refractivity contribution in [1.29, 1.82) is 0 Å². The standard InChI is InChI=1S/C16H16N2S.C13H9ClN2.C3H9Si.Na/c1-10(2)19-14-9-11(3)18-16-13(14)7-6-12-5-4-8-17-15(12)16;1-8-7-11(14)10-5-4-9-3-2-6-15-12(9)13(10)16-8;1-2-3-4;/h4-10H,1-3H3;2-7H,1H3;2-4H2,1H3;/q;;-1;+1. The van der Waals surface area contributed by atoms with E-state index in [1.165, 1.54) is 22.7 Å². The number of aromatic nitrogens is 4. The van der Waals surface area contributed by atoms with Crippen molar-refractivity contribution in [2.75, 3.05) is 0 Å². The van der Waals surface area contributed by atoms with Crippen molar-refractivity contribution in [3.05, 3.63) is 89.5 Å². The van der Waals surface area contributed by atoms with Crippen LogP contribution in [0.2, 0.25) is 11.1 Å². The van der Waals surface area contributed by atoms with Gasteiger partial charge in [0.15, 0.2) is 0 Å². The first-order chi connectivity index (χ1) is 18.8. The van der Waals surface area contributed by atoms with Gasteiger partial charge in [0.1, 0.15) is 0 Å². The maximum Gasteiger partial charge on any atom is 1.00 e. The van der Waals surface area contributed by atoms with Gasteiger partial charge in [-0.15, -0.1) is 11.8 Å². The van der Waals surface area contributed by atoms with Crippen molar-refractivity contribution in [3.63, 3.8) is 0 Å². The van der Waals surface area contributed by atoms with Crippen molar-refractivity contribution < 1.29 is 29.6 Å². The molecule has 0 radical (unpaired) electrons. The van der Waals surface area contributed by atoms with Crippen LogP contribution >= 0.6 is 23.4 Å². The predicted molar refractivity (Wildman–Crippen MR) is 173 cm³/mol. The molecule has 4 nitrogen and oxygen atoms in total. The predicted octanol–water partition coefficient (Wildman–Crippen LogP) is 5.79. The first-order valence-corrected chi connectivity index (χ1v) is 15.5. The van der Waals surface area contributed by atoms with E-state index in [-0.39, 0.29) is 29.6 Å². The minimum absolute atomic E-state index is 0. The summed E-state index contributed by atoms with van der Waals surface area (Å²) in [6, 6.07) is 21.7. The van der Waals surface area contributed by atoms with Crippen molar-refractivity contribution in [1.82, 2.24) is 19.9 Å². The summed E-state index contributed by atoms with van der Waals surface area (Å²) in [4.78, 5) is 19.4. The summed E-state index contributed by atoms with van der Waals surface area (Å²) >= 11 is 8.08. The summed E-state index contributed by atoms with van der Waals surface area (Å²) in [6.07, 6.45) is 4.94. The number of thioether (sulfide) groups is 1. The number of aryl methyl sites for hydroxylation is 2. The van der Waals surface area contributed by atoms with E-state index in [0.717, 1.165) is 54.6 Å². The molecule has 0 saturated heterocycles. The van der Waals surface area contributed by atoms with Crippen molar-refractivity contribution in [2.45, 2.75) is 57.2 Å². The molecule has 0 amide bonds. The Hall–Kier alpha value is -2.06. The van der Waals surface area contributed by atoms with Gasteiger partial charge < -0.3 is 0 Å². The molecule has 0 spiro atoms. The number of hydrogen-bond donors (Lipinski definition) is 0. The molecular weight excluding hydrogens is 559 g/mol. The fourth-order valence-corrected chi connectivity index (χ4v) is 5.52. The fourth-order valence-electron chi connectivity index (χ4n) is 4.17. The molecule has 0 saturated carbocycles. The van der Waals surface area contributed by atoms with Crippen LogP contribution in [0.15, 0.2) is 78.0 Å². The van der Waals surface area contributed by atoms with E-state index in [1.54, 1.807) is 6.20 Å². The third kappa shape index (κ3) is 7.81. The van der Waals surface area contributed by atoms with E-state index in [2.05, 4.69) is 60.0 Å². The first kappa shape index (κ1) is 32.5. The van der Waals surface area contributed by atoms with Crippen LogP contribution in [0.5, 0.6) is 0 Å². The van der Waals surface area contributed by atoms with E-state index in [9.17, 15) is 0 Å². The Kier molecular flexibility index (Phi) is 12.4. The quantitative estimate of drug-likeness (QED) is 0.148. The molecule has 200 valence electrons. The number of pyridine rings is 4. The number of hydrogen-bond acceptors (Lipinski definition) is 5. The van der Waals surface area contributed by atoms with Crippen molar-refractivity contribution in [2.24, 2.45) is 0 Å². The molecule has 6 rings (SSSR count). The minimum Gasteiger partial charge on any atom is -0.296 e. The molecule has 0 atom stereocenters. The second-order valence-corrected chi connectivity index (χ2v) is 12.3. The molecule has 40 heavy (non-hydrogen) atoms. The van der Waals surface area contributed by atoms with Gasteiger partial charge in [0.2, 0.25) is 0 Å². The van der Waals surface area contributed by atoms with Crippen LogP contribution in [-0.4, -0.2) is 35.4 Å². The Morgan fingerprint density at radius 1 is 0.775 bits per heavy atom. The van der Waals surface area contributed by atoms with E-state index in [0.29, 0.717) is 5.25 Å². The zero-order valence-electron chi connectivity index (χ0n) is 24.2. The van der Waals surface area contributed by atoms with Crippen molar-refractivity contribution >= 4 is 77.2 Å². The summed E-state index contributed by atoms with van der Waals surface area (Å²) in [5.74, 6) is 0. The van der Waals surface area contributed by atoms with Gasteiger partial charge >= 0.3 is 29.6 Å². The molecule has 0 fully saturated rings. The summed E-state index contributed by atoms with van der Waals surface area (Å²) in [6.45, 7) is 10.6. The number of benzene rings is 2. The SMILES string of the molecule is CCC[SiH2-].Cc1cc(Cl)c2ccc3cccnc3c2n1.Cc1cc(SC(C)C)c2ccc3cccnc3c2n1.[Na+]. The smallest absolute Gasteiger partial charge is 0.296 e. The molecule has 0 aliphatic rings. The van der Waals surface area contributed by atoms with Crippen LogP contribution in [0.1, 0.15) is 38.6 Å². The van der Waals surface area contributed by atoms with Crippen LogP contribution in [0.3, 0.4) is 0 Å². The molecule has 4 aromatic heterocycles. The number of rotatable bonds is 3. The van der Waals surface area contributed by atoms with Gasteiger partial charge in [-0.2, -0.15) is 6.04 Å². The molecule has 0 aliphatic carbocycles. The van der Waals surface area contributed by atoms with Crippen LogP contribution in [0.4, 0.5) is 0 Å². The molecule has 8 heteroatoms. The molecule has 0 N–H and O–H groups in total. The molecule has 0 unspecified atom stereocenters. The third-order valence-electron chi connectivity index (χ3n) is 5.99. The average molecular weight is 593 g/mol. The Labute approximate surface area is 271 Å². The van der Waals surface area contributed by atoms with Gasteiger partial charge in [0.25, 0.3) is 0 Å². The van der Waals surface area contributed by atoms with E-state index < -0.39 is 0 Å². The monoisotopic (exact) mass is 592 g/mol.